The molecule has 17 heavy (non-hydrogen) atoms. The lowest BCUT2D eigenvalue weighted by Crippen LogP contribution is -1.97. The van der Waals surface area contributed by atoms with Crippen molar-refractivity contribution in [1.29, 1.82) is 0 Å². The fraction of sp³-hybridized carbons (Fsp3) is 0.538. The number of alkyl halides is 1. The monoisotopic (exact) mass is 316 g/mol. The van der Waals surface area contributed by atoms with Crippen molar-refractivity contribution in [3.63, 3.8) is 0 Å². The van der Waals surface area contributed by atoms with Crippen molar-refractivity contribution in [3.8, 4) is 11.5 Å². The topological polar surface area (TPSA) is 18.5 Å². The van der Waals surface area contributed by atoms with Crippen LogP contribution in [0.5, 0.6) is 11.5 Å². The van der Waals surface area contributed by atoms with Crippen LogP contribution in [-0.2, 0) is 0 Å². The minimum Gasteiger partial charge on any atom is -0.489 e. The third-order valence-electron chi connectivity index (χ3n) is 3.37. The van der Waals surface area contributed by atoms with Gasteiger partial charge in [0, 0.05) is 11.8 Å². The maximum atomic E-state index is 6.27. The van der Waals surface area contributed by atoms with E-state index in [1.807, 2.05) is 6.07 Å². The molecule has 1 aliphatic heterocycles. The molecule has 1 aromatic rings. The Balaban J connectivity index is 1.92. The van der Waals surface area contributed by atoms with Crippen LogP contribution in [0.25, 0.3) is 0 Å². The van der Waals surface area contributed by atoms with Crippen LogP contribution >= 0.6 is 27.5 Å². The van der Waals surface area contributed by atoms with Crippen molar-refractivity contribution < 1.29 is 9.47 Å². The predicted molar refractivity (Wildman–Crippen MR) is 71.7 cm³/mol. The van der Waals surface area contributed by atoms with Crippen molar-refractivity contribution >= 4 is 27.5 Å². The standard InChI is InChI=1S/C13H14BrClO2/c14-7-9-4-10(9)8-5-11(15)13-12(6-8)16-2-1-3-17-13/h5-6,9-10H,1-4,7H2. The summed E-state index contributed by atoms with van der Waals surface area (Å²) in [6, 6.07) is 4.13. The van der Waals surface area contributed by atoms with Gasteiger partial charge < -0.3 is 9.47 Å². The largest absolute Gasteiger partial charge is 0.489 e. The molecule has 0 N–H and O–H groups in total. The average molecular weight is 318 g/mol. The van der Waals surface area contributed by atoms with Gasteiger partial charge in [-0.05, 0) is 36.0 Å². The lowest BCUT2D eigenvalue weighted by molar-refractivity contribution is 0.297. The summed E-state index contributed by atoms with van der Waals surface area (Å²) in [5.74, 6) is 2.90. The van der Waals surface area contributed by atoms with Crippen LogP contribution in [0, 0.1) is 5.92 Å². The highest BCUT2D eigenvalue weighted by Crippen LogP contribution is 2.51. The van der Waals surface area contributed by atoms with Gasteiger partial charge in [0.1, 0.15) is 0 Å². The molecule has 1 aromatic carbocycles. The highest BCUT2D eigenvalue weighted by molar-refractivity contribution is 9.09. The second-order valence-electron chi connectivity index (χ2n) is 4.64. The first kappa shape index (κ1) is 11.7. The van der Waals surface area contributed by atoms with E-state index < -0.39 is 0 Å². The van der Waals surface area contributed by atoms with Crippen LogP contribution in [0.15, 0.2) is 12.1 Å². The number of halogens is 2. The first-order chi connectivity index (χ1) is 8.29. The van der Waals surface area contributed by atoms with Gasteiger partial charge in [0.25, 0.3) is 0 Å². The fourth-order valence-electron chi connectivity index (χ4n) is 2.29. The van der Waals surface area contributed by atoms with E-state index >= 15 is 0 Å². The van der Waals surface area contributed by atoms with Crippen LogP contribution in [0.1, 0.15) is 24.3 Å². The molecule has 92 valence electrons. The van der Waals surface area contributed by atoms with Crippen LogP contribution in [0.2, 0.25) is 5.02 Å². The number of hydrogen-bond donors (Lipinski definition) is 0. The van der Waals surface area contributed by atoms with Crippen molar-refractivity contribution in [2.24, 2.45) is 5.92 Å². The lowest BCUT2D eigenvalue weighted by Gasteiger charge is -2.11. The Morgan fingerprint density at radius 1 is 1.29 bits per heavy atom. The Morgan fingerprint density at radius 2 is 2.12 bits per heavy atom. The van der Waals surface area contributed by atoms with E-state index in [1.165, 1.54) is 12.0 Å². The fourth-order valence-corrected chi connectivity index (χ4v) is 3.28. The Morgan fingerprint density at radius 3 is 2.88 bits per heavy atom. The third kappa shape index (κ3) is 2.27. The first-order valence-corrected chi connectivity index (χ1v) is 7.44. The Labute approximate surface area is 114 Å². The van der Waals surface area contributed by atoms with E-state index in [0.29, 0.717) is 29.9 Å². The lowest BCUT2D eigenvalue weighted by atomic mass is 10.1. The molecule has 0 amide bonds. The number of rotatable bonds is 2. The van der Waals surface area contributed by atoms with Gasteiger partial charge in [-0.1, -0.05) is 27.5 Å². The zero-order valence-corrected chi connectivity index (χ0v) is 11.8. The molecule has 0 bridgehead atoms. The average Bonchev–Trinajstić information content (AvgIpc) is 3.12. The highest BCUT2D eigenvalue weighted by atomic mass is 79.9. The summed E-state index contributed by atoms with van der Waals surface area (Å²) in [7, 11) is 0. The molecule has 0 radical (unpaired) electrons. The SMILES string of the molecule is Clc1cc(C2CC2CBr)cc2c1OCCCO2. The van der Waals surface area contributed by atoms with Gasteiger partial charge >= 0.3 is 0 Å². The number of fused-ring (bicyclic) bond motifs is 1. The molecule has 0 aromatic heterocycles. The van der Waals surface area contributed by atoms with Crippen LogP contribution < -0.4 is 9.47 Å². The smallest absolute Gasteiger partial charge is 0.179 e. The number of benzene rings is 1. The van der Waals surface area contributed by atoms with Crippen molar-refractivity contribution in [1.82, 2.24) is 0 Å². The second kappa shape index (κ2) is 4.69. The minimum atomic E-state index is 0.629. The Bertz CT molecular complexity index is 436. The van der Waals surface area contributed by atoms with Crippen molar-refractivity contribution in [2.75, 3.05) is 18.5 Å². The normalized spacial score (nSPS) is 26.5. The molecule has 2 unspecified atom stereocenters. The van der Waals surface area contributed by atoms with E-state index in [4.69, 9.17) is 21.1 Å². The quantitative estimate of drug-likeness (QED) is 0.768. The summed E-state index contributed by atoms with van der Waals surface area (Å²) in [4.78, 5) is 0. The van der Waals surface area contributed by atoms with Crippen LogP contribution in [0.3, 0.4) is 0 Å². The summed E-state index contributed by atoms with van der Waals surface area (Å²) in [6.45, 7) is 1.39. The summed E-state index contributed by atoms with van der Waals surface area (Å²) in [5, 5.41) is 1.74. The third-order valence-corrected chi connectivity index (χ3v) is 4.49. The maximum absolute atomic E-state index is 6.27. The van der Waals surface area contributed by atoms with Gasteiger partial charge in [-0.15, -0.1) is 0 Å². The van der Waals surface area contributed by atoms with Gasteiger partial charge in [0.05, 0.1) is 18.2 Å². The molecule has 2 atom stereocenters. The van der Waals surface area contributed by atoms with Crippen molar-refractivity contribution in [2.45, 2.75) is 18.8 Å². The van der Waals surface area contributed by atoms with Crippen LogP contribution in [-0.4, -0.2) is 18.5 Å². The molecular formula is C13H14BrClO2. The minimum absolute atomic E-state index is 0.629. The maximum Gasteiger partial charge on any atom is 0.179 e. The molecule has 0 spiro atoms. The number of hydrogen-bond acceptors (Lipinski definition) is 2. The van der Waals surface area contributed by atoms with Gasteiger partial charge in [-0.25, -0.2) is 0 Å². The summed E-state index contributed by atoms with van der Waals surface area (Å²) < 4.78 is 11.3. The summed E-state index contributed by atoms with van der Waals surface area (Å²) in [5.41, 5.74) is 1.28. The van der Waals surface area contributed by atoms with Gasteiger partial charge in [0.2, 0.25) is 0 Å². The zero-order valence-electron chi connectivity index (χ0n) is 9.42. The molecule has 3 rings (SSSR count). The summed E-state index contributed by atoms with van der Waals surface area (Å²) >= 11 is 9.80. The van der Waals surface area contributed by atoms with Gasteiger partial charge in [0.15, 0.2) is 11.5 Å². The van der Waals surface area contributed by atoms with E-state index in [0.717, 1.165) is 23.4 Å². The van der Waals surface area contributed by atoms with Gasteiger partial charge in [-0.2, -0.15) is 0 Å². The van der Waals surface area contributed by atoms with Crippen LogP contribution in [0.4, 0.5) is 0 Å². The van der Waals surface area contributed by atoms with E-state index in [9.17, 15) is 0 Å². The van der Waals surface area contributed by atoms with E-state index in [-0.39, 0.29) is 0 Å². The Kier molecular flexibility index (Phi) is 3.22. The molecule has 1 heterocycles. The molecular weight excluding hydrogens is 303 g/mol. The Hall–Kier alpha value is -0.410. The predicted octanol–water partition coefficient (Wildman–Crippen LogP) is 4.00. The van der Waals surface area contributed by atoms with E-state index in [1.54, 1.807) is 0 Å². The molecule has 2 aliphatic rings. The number of ether oxygens (including phenoxy) is 2. The molecule has 4 heteroatoms. The zero-order chi connectivity index (χ0) is 11.8. The molecule has 2 nitrogen and oxygen atoms in total. The van der Waals surface area contributed by atoms with Gasteiger partial charge in [-0.3, -0.25) is 0 Å². The molecule has 1 aliphatic carbocycles. The van der Waals surface area contributed by atoms with Crippen molar-refractivity contribution in [3.05, 3.63) is 22.7 Å². The molecule has 0 saturated heterocycles. The molecule has 1 saturated carbocycles. The molecule has 1 fully saturated rings. The highest BCUT2D eigenvalue weighted by Gasteiger charge is 2.38. The second-order valence-corrected chi connectivity index (χ2v) is 5.69. The summed E-state index contributed by atoms with van der Waals surface area (Å²) in [6.07, 6.45) is 2.15. The van der Waals surface area contributed by atoms with E-state index in [2.05, 4.69) is 22.0 Å². The first-order valence-electron chi connectivity index (χ1n) is 5.94.